The van der Waals surface area contributed by atoms with Crippen LogP contribution >= 0.6 is 11.3 Å². The van der Waals surface area contributed by atoms with E-state index < -0.39 is 6.04 Å². The van der Waals surface area contributed by atoms with Crippen molar-refractivity contribution in [2.75, 3.05) is 12.0 Å². The van der Waals surface area contributed by atoms with Gasteiger partial charge in [0, 0.05) is 22.8 Å². The Bertz CT molecular complexity index is 1020. The Morgan fingerprint density at radius 2 is 1.84 bits per heavy atom. The molecule has 1 fully saturated rings. The van der Waals surface area contributed by atoms with Gasteiger partial charge in [-0.3, -0.25) is 19.5 Å². The Balaban J connectivity index is 1.74. The number of benzene rings is 1. The molecule has 2 heterocycles. The van der Waals surface area contributed by atoms with Crippen molar-refractivity contribution >= 4 is 28.8 Å². The van der Waals surface area contributed by atoms with Gasteiger partial charge in [0.2, 0.25) is 5.91 Å². The van der Waals surface area contributed by atoms with Crippen LogP contribution in [0.1, 0.15) is 53.5 Å². The Kier molecular flexibility index (Phi) is 7.17. The van der Waals surface area contributed by atoms with Gasteiger partial charge in [0.05, 0.1) is 7.11 Å². The van der Waals surface area contributed by atoms with Crippen LogP contribution in [0, 0.1) is 0 Å². The van der Waals surface area contributed by atoms with Crippen molar-refractivity contribution in [1.82, 2.24) is 10.3 Å². The molecule has 32 heavy (non-hydrogen) atoms. The molecule has 6 nitrogen and oxygen atoms in total. The van der Waals surface area contributed by atoms with Crippen LogP contribution in [-0.4, -0.2) is 29.9 Å². The third-order valence-electron chi connectivity index (χ3n) is 5.72. The van der Waals surface area contributed by atoms with Gasteiger partial charge in [0.15, 0.2) is 6.04 Å². The van der Waals surface area contributed by atoms with Gasteiger partial charge in [-0.25, -0.2) is 0 Å². The van der Waals surface area contributed by atoms with E-state index in [0.29, 0.717) is 11.4 Å². The molecule has 0 unspecified atom stereocenters. The van der Waals surface area contributed by atoms with Gasteiger partial charge >= 0.3 is 0 Å². The number of hydrogen-bond donors (Lipinski definition) is 1. The first-order valence-corrected chi connectivity index (χ1v) is 11.8. The highest BCUT2D eigenvalue weighted by molar-refractivity contribution is 7.10. The number of nitrogens with one attached hydrogen (secondary N) is 1. The SMILES string of the molecule is COc1ccc(N(C(=O)c2ccccn2)[C@H](C(=O)NC2CCCCC2)c2cccs2)cc1. The van der Waals surface area contributed by atoms with E-state index in [9.17, 15) is 9.59 Å². The van der Waals surface area contributed by atoms with Gasteiger partial charge in [0.25, 0.3) is 5.91 Å². The molecule has 0 aliphatic heterocycles. The zero-order chi connectivity index (χ0) is 22.3. The Morgan fingerprint density at radius 1 is 1.06 bits per heavy atom. The molecule has 0 spiro atoms. The average molecular weight is 450 g/mol. The number of hydrogen-bond acceptors (Lipinski definition) is 5. The normalized spacial score (nSPS) is 15.0. The number of methoxy groups -OCH3 is 1. The van der Waals surface area contributed by atoms with Crippen LogP contribution in [-0.2, 0) is 4.79 Å². The zero-order valence-electron chi connectivity index (χ0n) is 18.1. The minimum atomic E-state index is -0.792. The number of carbonyl (C=O) groups excluding carboxylic acids is 2. The van der Waals surface area contributed by atoms with E-state index in [2.05, 4.69) is 10.3 Å². The largest absolute Gasteiger partial charge is 0.497 e. The molecule has 166 valence electrons. The molecular formula is C25H27N3O3S. The molecule has 0 radical (unpaired) electrons. The second kappa shape index (κ2) is 10.4. The number of rotatable bonds is 7. The molecule has 3 aromatic rings. The summed E-state index contributed by atoms with van der Waals surface area (Å²) in [6.07, 6.45) is 6.96. The number of ether oxygens (including phenoxy) is 1. The van der Waals surface area contributed by atoms with Crippen LogP contribution in [0.4, 0.5) is 5.69 Å². The van der Waals surface area contributed by atoms with Crippen LogP contribution in [0.3, 0.4) is 0 Å². The van der Waals surface area contributed by atoms with Crippen LogP contribution in [0.2, 0.25) is 0 Å². The molecular weight excluding hydrogens is 422 g/mol. The third kappa shape index (κ3) is 4.99. The zero-order valence-corrected chi connectivity index (χ0v) is 18.9. The maximum Gasteiger partial charge on any atom is 0.277 e. The average Bonchev–Trinajstić information content (AvgIpc) is 3.37. The minimum absolute atomic E-state index is 0.140. The molecule has 1 saturated carbocycles. The molecule has 1 aliphatic carbocycles. The van der Waals surface area contributed by atoms with Crippen molar-refractivity contribution < 1.29 is 14.3 Å². The standard InChI is InChI=1S/C25H27N3O3S/c1-31-20-14-12-19(13-15-20)28(25(30)21-10-5-6-16-26-21)23(22-11-7-17-32-22)24(29)27-18-8-3-2-4-9-18/h5-7,10-18,23H,2-4,8-9H2,1H3,(H,27,29)/t23-/m0/s1. The molecule has 4 rings (SSSR count). The predicted octanol–water partition coefficient (Wildman–Crippen LogP) is 4.99. The molecule has 2 amide bonds. The van der Waals surface area contributed by atoms with Gasteiger partial charge in [-0.15, -0.1) is 11.3 Å². The maximum atomic E-state index is 13.7. The minimum Gasteiger partial charge on any atom is -0.497 e. The number of thiophene rings is 1. The molecule has 1 N–H and O–H groups in total. The molecule has 1 atom stereocenters. The number of pyridine rings is 1. The van der Waals surface area contributed by atoms with Crippen LogP contribution in [0.5, 0.6) is 5.75 Å². The molecule has 1 aliphatic rings. The van der Waals surface area contributed by atoms with Crippen molar-refractivity contribution in [2.24, 2.45) is 0 Å². The van der Waals surface area contributed by atoms with E-state index in [-0.39, 0.29) is 23.6 Å². The lowest BCUT2D eigenvalue weighted by Crippen LogP contribution is -2.47. The fourth-order valence-electron chi connectivity index (χ4n) is 4.09. The summed E-state index contributed by atoms with van der Waals surface area (Å²) in [6, 6.07) is 15.5. The highest BCUT2D eigenvalue weighted by Gasteiger charge is 2.35. The maximum absolute atomic E-state index is 13.7. The highest BCUT2D eigenvalue weighted by atomic mass is 32.1. The van der Waals surface area contributed by atoms with Crippen molar-refractivity contribution in [3.8, 4) is 5.75 Å². The smallest absolute Gasteiger partial charge is 0.277 e. The summed E-state index contributed by atoms with van der Waals surface area (Å²) < 4.78 is 5.28. The van der Waals surface area contributed by atoms with E-state index in [1.165, 1.54) is 17.8 Å². The second-order valence-electron chi connectivity index (χ2n) is 7.85. The van der Waals surface area contributed by atoms with E-state index in [4.69, 9.17) is 4.74 Å². The number of aromatic nitrogens is 1. The highest BCUT2D eigenvalue weighted by Crippen LogP contribution is 2.33. The third-order valence-corrected chi connectivity index (χ3v) is 6.65. The lowest BCUT2D eigenvalue weighted by atomic mass is 9.95. The van der Waals surface area contributed by atoms with Crippen molar-refractivity contribution in [1.29, 1.82) is 0 Å². The summed E-state index contributed by atoms with van der Waals surface area (Å²) in [4.78, 5) is 33.9. The summed E-state index contributed by atoms with van der Waals surface area (Å²) in [5.74, 6) is 0.186. The van der Waals surface area contributed by atoms with Gasteiger partial charge < -0.3 is 10.1 Å². The Morgan fingerprint density at radius 3 is 2.47 bits per heavy atom. The number of nitrogens with zero attached hydrogens (tertiary/aromatic N) is 2. The summed E-state index contributed by atoms with van der Waals surface area (Å²) in [6.45, 7) is 0. The fourth-order valence-corrected chi connectivity index (χ4v) is 4.90. The summed E-state index contributed by atoms with van der Waals surface area (Å²) in [5.41, 5.74) is 0.897. The number of amides is 2. The van der Waals surface area contributed by atoms with E-state index in [1.807, 2.05) is 17.5 Å². The van der Waals surface area contributed by atoms with E-state index in [0.717, 1.165) is 30.6 Å². The quantitative estimate of drug-likeness (QED) is 0.552. The fraction of sp³-hybridized carbons (Fsp3) is 0.320. The summed E-state index contributed by atoms with van der Waals surface area (Å²) >= 11 is 1.46. The number of carbonyl (C=O) groups is 2. The molecule has 7 heteroatoms. The van der Waals surface area contributed by atoms with Crippen molar-refractivity contribution in [2.45, 2.75) is 44.2 Å². The number of anilines is 1. The monoisotopic (exact) mass is 449 g/mol. The van der Waals surface area contributed by atoms with Crippen LogP contribution < -0.4 is 15.0 Å². The first-order chi connectivity index (χ1) is 15.7. The first-order valence-electron chi connectivity index (χ1n) is 10.9. The van der Waals surface area contributed by atoms with Crippen molar-refractivity contribution in [3.63, 3.8) is 0 Å². The molecule has 0 saturated heterocycles. The van der Waals surface area contributed by atoms with Crippen molar-refractivity contribution in [3.05, 3.63) is 76.7 Å². The topological polar surface area (TPSA) is 71.5 Å². The lowest BCUT2D eigenvalue weighted by molar-refractivity contribution is -0.123. The summed E-state index contributed by atoms with van der Waals surface area (Å²) in [7, 11) is 1.60. The summed E-state index contributed by atoms with van der Waals surface area (Å²) in [5, 5.41) is 5.14. The molecule has 2 aromatic heterocycles. The van der Waals surface area contributed by atoms with Gasteiger partial charge in [0.1, 0.15) is 11.4 Å². The van der Waals surface area contributed by atoms with Gasteiger partial charge in [-0.2, -0.15) is 0 Å². The van der Waals surface area contributed by atoms with Gasteiger partial charge in [-0.1, -0.05) is 31.4 Å². The van der Waals surface area contributed by atoms with Crippen LogP contribution in [0.15, 0.2) is 66.2 Å². The van der Waals surface area contributed by atoms with Crippen LogP contribution in [0.25, 0.3) is 0 Å². The molecule has 1 aromatic carbocycles. The van der Waals surface area contributed by atoms with Gasteiger partial charge in [-0.05, 0) is 60.7 Å². The Labute approximate surface area is 192 Å². The molecule has 0 bridgehead atoms. The Hall–Kier alpha value is -3.19. The van der Waals surface area contributed by atoms with E-state index >= 15 is 0 Å². The predicted molar refractivity (Wildman–Crippen MR) is 126 cm³/mol. The lowest BCUT2D eigenvalue weighted by Gasteiger charge is -2.32. The second-order valence-corrected chi connectivity index (χ2v) is 8.83. The first kappa shape index (κ1) is 22.0. The van der Waals surface area contributed by atoms with E-state index in [1.54, 1.807) is 60.7 Å².